The number of carboxylic acids is 1. The molecule has 0 amide bonds. The number of phenolic OH excluding ortho intramolecular Hbond substituents is 2. The molecule has 3 rings (SSSR count). The summed E-state index contributed by atoms with van der Waals surface area (Å²) in [7, 11) is 4.77. The van der Waals surface area contributed by atoms with Crippen LogP contribution in [-0.2, 0) is 21.1 Å². The molecule has 0 fully saturated rings. The van der Waals surface area contributed by atoms with Crippen LogP contribution in [0.1, 0.15) is 10.4 Å². The maximum Gasteiger partial charge on any atom is 0.335 e. The van der Waals surface area contributed by atoms with Crippen molar-refractivity contribution < 1.29 is 25.6 Å². The molecular weight excluding hydrogens is 348 g/mol. The van der Waals surface area contributed by atoms with Gasteiger partial charge in [-0.3, -0.25) is 13.9 Å². The molecule has 0 unspecified atom stereocenters. The molecule has 140 valence electrons. The Bertz CT molecular complexity index is 1060. The number of hydrogen-bond acceptors (Lipinski definition) is 6. The minimum atomic E-state index is -1.18. The lowest BCUT2D eigenvalue weighted by atomic mass is 10.2. The molecule has 2 heterocycles. The molecule has 0 atom stereocenters. The number of aromatic nitrogens is 4. The second-order valence-electron chi connectivity index (χ2n) is 5.28. The second-order valence-corrected chi connectivity index (χ2v) is 5.28. The number of fused-ring (bicyclic) bond motifs is 1. The third-order valence-electron chi connectivity index (χ3n) is 3.47. The van der Waals surface area contributed by atoms with E-state index in [4.69, 9.17) is 15.3 Å². The summed E-state index contributed by atoms with van der Waals surface area (Å²) in [4.78, 5) is 37.4. The summed E-state index contributed by atoms with van der Waals surface area (Å²) in [6, 6.07) is 3.18. The normalized spacial score (nSPS) is 9.96. The van der Waals surface area contributed by atoms with Crippen molar-refractivity contribution in [1.29, 1.82) is 0 Å². The first kappa shape index (κ1) is 20.4. The van der Waals surface area contributed by atoms with Crippen molar-refractivity contribution in [2.75, 3.05) is 0 Å². The number of hydrogen-bond donors (Lipinski definition) is 3. The predicted molar refractivity (Wildman–Crippen MR) is 91.5 cm³/mol. The number of aromatic carboxylic acids is 1. The number of carboxylic acid groups (broad SMARTS) is 1. The minimum absolute atomic E-state index is 0. The van der Waals surface area contributed by atoms with E-state index < -0.39 is 5.97 Å². The van der Waals surface area contributed by atoms with E-state index in [2.05, 4.69) is 4.98 Å². The molecule has 26 heavy (non-hydrogen) atoms. The lowest BCUT2D eigenvalue weighted by Crippen LogP contribution is -2.37. The maximum atomic E-state index is 11.7. The summed E-state index contributed by atoms with van der Waals surface area (Å²) >= 11 is 0. The molecule has 0 radical (unpaired) electrons. The van der Waals surface area contributed by atoms with Crippen LogP contribution in [0.2, 0.25) is 0 Å². The minimum Gasteiger partial charge on any atom is -0.508 e. The molecule has 2 aromatic heterocycles. The number of aryl methyl sites for hydroxylation is 2. The Labute approximate surface area is 145 Å². The van der Waals surface area contributed by atoms with Crippen LogP contribution in [0.4, 0.5) is 0 Å². The van der Waals surface area contributed by atoms with E-state index >= 15 is 0 Å². The zero-order chi connectivity index (χ0) is 18.9. The van der Waals surface area contributed by atoms with Crippen LogP contribution in [0.5, 0.6) is 11.5 Å². The third kappa shape index (κ3) is 3.72. The van der Waals surface area contributed by atoms with Gasteiger partial charge >= 0.3 is 11.7 Å². The van der Waals surface area contributed by atoms with Crippen molar-refractivity contribution in [3.63, 3.8) is 0 Å². The highest BCUT2D eigenvalue weighted by Crippen LogP contribution is 2.19. The molecule has 0 saturated heterocycles. The Kier molecular flexibility index (Phi) is 5.92. The van der Waals surface area contributed by atoms with Crippen molar-refractivity contribution in [3.05, 3.63) is 50.9 Å². The summed E-state index contributed by atoms with van der Waals surface area (Å²) in [5.74, 6) is -1.71. The molecular formula is C15H18N4O7. The third-order valence-corrected chi connectivity index (χ3v) is 3.47. The Morgan fingerprint density at radius 2 is 1.54 bits per heavy atom. The Hall–Kier alpha value is -3.60. The van der Waals surface area contributed by atoms with Crippen molar-refractivity contribution in [3.8, 4) is 11.5 Å². The Morgan fingerprint density at radius 1 is 1.00 bits per heavy atom. The quantitative estimate of drug-likeness (QED) is 0.492. The van der Waals surface area contributed by atoms with Crippen LogP contribution < -0.4 is 11.2 Å². The van der Waals surface area contributed by atoms with Gasteiger partial charge < -0.3 is 25.4 Å². The Morgan fingerprint density at radius 3 is 2.04 bits per heavy atom. The smallest absolute Gasteiger partial charge is 0.335 e. The van der Waals surface area contributed by atoms with Crippen molar-refractivity contribution >= 4 is 17.1 Å². The molecule has 5 N–H and O–H groups in total. The van der Waals surface area contributed by atoms with E-state index in [9.17, 15) is 14.4 Å². The summed E-state index contributed by atoms with van der Waals surface area (Å²) in [5, 5.41) is 26.1. The molecule has 0 bridgehead atoms. The molecule has 3 aromatic rings. The van der Waals surface area contributed by atoms with Gasteiger partial charge in [0.05, 0.1) is 11.9 Å². The van der Waals surface area contributed by atoms with Gasteiger partial charge in [0.15, 0.2) is 11.2 Å². The maximum absolute atomic E-state index is 11.7. The van der Waals surface area contributed by atoms with E-state index in [1.165, 1.54) is 17.9 Å². The topological polar surface area (TPSA) is 171 Å². The van der Waals surface area contributed by atoms with Gasteiger partial charge in [-0.25, -0.2) is 14.6 Å². The van der Waals surface area contributed by atoms with Crippen molar-refractivity contribution in [2.45, 2.75) is 0 Å². The van der Waals surface area contributed by atoms with E-state index in [-0.39, 0.29) is 33.8 Å². The van der Waals surface area contributed by atoms with Gasteiger partial charge in [0, 0.05) is 27.2 Å². The van der Waals surface area contributed by atoms with E-state index in [1.807, 2.05) is 0 Å². The molecule has 0 aliphatic rings. The highest BCUT2D eigenvalue weighted by Gasteiger charge is 2.11. The van der Waals surface area contributed by atoms with Crippen LogP contribution in [-0.4, -0.2) is 45.5 Å². The molecule has 0 spiro atoms. The number of carbonyl (C=O) groups is 1. The summed E-state index contributed by atoms with van der Waals surface area (Å²) in [6.45, 7) is 0. The van der Waals surface area contributed by atoms with Gasteiger partial charge in [-0.2, -0.15) is 0 Å². The van der Waals surface area contributed by atoms with Gasteiger partial charge in [-0.15, -0.1) is 0 Å². The van der Waals surface area contributed by atoms with Gasteiger partial charge in [0.2, 0.25) is 0 Å². The number of rotatable bonds is 1. The molecule has 1 aromatic carbocycles. The van der Waals surface area contributed by atoms with Crippen LogP contribution in [0.3, 0.4) is 0 Å². The average molecular weight is 366 g/mol. The number of benzene rings is 1. The molecule has 0 aliphatic carbocycles. The first-order chi connectivity index (χ1) is 11.6. The van der Waals surface area contributed by atoms with E-state index in [0.29, 0.717) is 11.2 Å². The fraction of sp³-hybridized carbons (Fsp3) is 0.200. The fourth-order valence-electron chi connectivity index (χ4n) is 2.19. The monoisotopic (exact) mass is 366 g/mol. The first-order valence-electron chi connectivity index (χ1n) is 6.96. The van der Waals surface area contributed by atoms with Gasteiger partial charge in [-0.05, 0) is 12.1 Å². The van der Waals surface area contributed by atoms with Crippen LogP contribution in [0.15, 0.2) is 34.1 Å². The number of aromatic hydroxyl groups is 2. The number of phenols is 2. The fourth-order valence-corrected chi connectivity index (χ4v) is 2.19. The second kappa shape index (κ2) is 7.53. The predicted octanol–water partition coefficient (Wildman–Crippen LogP) is -1.06. The summed E-state index contributed by atoms with van der Waals surface area (Å²) < 4.78 is 4.04. The number of imidazole rings is 1. The zero-order valence-corrected chi connectivity index (χ0v) is 14.2. The largest absolute Gasteiger partial charge is 0.508 e. The van der Waals surface area contributed by atoms with E-state index in [1.54, 1.807) is 18.7 Å². The standard InChI is InChI=1S/C8H10N4O2.C7H6O4.H2O/c1-10-4-9-6-5(10)7(13)12(3)8(14)11(6)2;8-5-1-4(7(10)11)2-6(9)3-5;/h4H,1-3H3;1-3,8-9H,(H,10,11);1H2. The van der Waals surface area contributed by atoms with Crippen molar-refractivity contribution in [2.24, 2.45) is 21.1 Å². The molecule has 11 heteroatoms. The summed E-state index contributed by atoms with van der Waals surface area (Å²) in [6.07, 6.45) is 1.52. The SMILES string of the molecule is Cn1c(=O)c2c(ncn2C)n(C)c1=O.O.O=C(O)c1cc(O)cc(O)c1. The molecule has 0 saturated carbocycles. The lowest BCUT2D eigenvalue weighted by molar-refractivity contribution is 0.0696. The lowest BCUT2D eigenvalue weighted by Gasteiger charge is -2.02. The van der Waals surface area contributed by atoms with Gasteiger partial charge in [0.25, 0.3) is 5.56 Å². The number of nitrogens with zero attached hydrogens (tertiary/aromatic N) is 4. The van der Waals surface area contributed by atoms with Crippen LogP contribution >= 0.6 is 0 Å². The van der Waals surface area contributed by atoms with Gasteiger partial charge in [-0.1, -0.05) is 0 Å². The average Bonchev–Trinajstić information content (AvgIpc) is 2.92. The summed E-state index contributed by atoms with van der Waals surface area (Å²) in [5.41, 5.74) is 0.0435. The molecule has 11 nitrogen and oxygen atoms in total. The molecule has 0 aliphatic heterocycles. The van der Waals surface area contributed by atoms with Gasteiger partial charge in [0.1, 0.15) is 11.5 Å². The van der Waals surface area contributed by atoms with Crippen molar-refractivity contribution in [1.82, 2.24) is 18.7 Å². The highest BCUT2D eigenvalue weighted by atomic mass is 16.4. The van der Waals surface area contributed by atoms with Crippen LogP contribution in [0.25, 0.3) is 11.2 Å². The van der Waals surface area contributed by atoms with Crippen LogP contribution in [0, 0.1) is 0 Å². The highest BCUT2D eigenvalue weighted by molar-refractivity contribution is 5.88. The first-order valence-corrected chi connectivity index (χ1v) is 6.96. The zero-order valence-electron chi connectivity index (χ0n) is 14.2. The van der Waals surface area contributed by atoms with E-state index in [0.717, 1.165) is 22.8 Å². The Balaban J connectivity index is 0.000000258.